The summed E-state index contributed by atoms with van der Waals surface area (Å²) in [7, 11) is 0. The molecule has 0 atom stereocenters. The van der Waals surface area contributed by atoms with Gasteiger partial charge in [0.1, 0.15) is 17.5 Å². The van der Waals surface area contributed by atoms with Crippen LogP contribution in [0.25, 0.3) is 0 Å². The topological polar surface area (TPSA) is 22.1 Å². The van der Waals surface area contributed by atoms with E-state index in [-0.39, 0.29) is 0 Å². The lowest BCUT2D eigenvalue weighted by Crippen LogP contribution is -1.97. The minimum atomic E-state index is 0.338. The zero-order chi connectivity index (χ0) is 12.3. The Morgan fingerprint density at radius 1 is 1.06 bits per heavy atom. The van der Waals surface area contributed by atoms with Gasteiger partial charge in [-0.3, -0.25) is 0 Å². The molecule has 0 saturated carbocycles. The molecule has 0 N–H and O–H groups in total. The van der Waals surface area contributed by atoms with Crippen LogP contribution in [0, 0.1) is 0 Å². The van der Waals surface area contributed by atoms with Crippen molar-refractivity contribution in [2.45, 2.75) is 6.61 Å². The molecule has 0 amide bonds. The van der Waals surface area contributed by atoms with Crippen molar-refractivity contribution in [2.24, 2.45) is 0 Å². The van der Waals surface area contributed by atoms with Gasteiger partial charge in [0.15, 0.2) is 0 Å². The van der Waals surface area contributed by atoms with E-state index in [1.807, 2.05) is 6.07 Å². The van der Waals surface area contributed by atoms with Crippen LogP contribution >= 0.6 is 34.8 Å². The fourth-order valence-corrected chi connectivity index (χ4v) is 1.72. The van der Waals surface area contributed by atoms with Crippen molar-refractivity contribution in [3.05, 3.63) is 57.3 Å². The second-order valence-corrected chi connectivity index (χ2v) is 4.49. The van der Waals surface area contributed by atoms with Crippen LogP contribution in [-0.4, -0.2) is 4.98 Å². The summed E-state index contributed by atoms with van der Waals surface area (Å²) < 4.78 is 5.54. The fourth-order valence-electron chi connectivity index (χ4n) is 1.25. The first-order chi connectivity index (χ1) is 8.16. The zero-order valence-corrected chi connectivity index (χ0v) is 10.9. The van der Waals surface area contributed by atoms with E-state index in [1.54, 1.807) is 30.5 Å². The molecular weight excluding hydrogens is 280 g/mol. The van der Waals surface area contributed by atoms with Gasteiger partial charge in [0, 0.05) is 17.8 Å². The summed E-state index contributed by atoms with van der Waals surface area (Å²) >= 11 is 17.6. The van der Waals surface area contributed by atoms with E-state index >= 15 is 0 Å². The van der Waals surface area contributed by atoms with E-state index in [9.17, 15) is 0 Å². The number of hydrogen-bond donors (Lipinski definition) is 0. The molecule has 0 radical (unpaired) electrons. The fraction of sp³-hybridized carbons (Fsp3) is 0.0833. The van der Waals surface area contributed by atoms with Crippen LogP contribution in [0.2, 0.25) is 15.2 Å². The van der Waals surface area contributed by atoms with Crippen LogP contribution < -0.4 is 4.74 Å². The molecule has 0 aliphatic rings. The van der Waals surface area contributed by atoms with E-state index in [4.69, 9.17) is 39.5 Å². The van der Waals surface area contributed by atoms with Crippen molar-refractivity contribution < 1.29 is 4.74 Å². The molecule has 0 aliphatic carbocycles. The van der Waals surface area contributed by atoms with Crippen molar-refractivity contribution >= 4 is 34.8 Å². The highest BCUT2D eigenvalue weighted by Crippen LogP contribution is 2.27. The Morgan fingerprint density at radius 3 is 2.59 bits per heavy atom. The smallest absolute Gasteiger partial charge is 0.135 e. The summed E-state index contributed by atoms with van der Waals surface area (Å²) in [6.45, 7) is 0.338. The van der Waals surface area contributed by atoms with Crippen molar-refractivity contribution in [3.63, 3.8) is 0 Å². The van der Waals surface area contributed by atoms with Gasteiger partial charge in [-0.05, 0) is 18.2 Å². The third kappa shape index (κ3) is 3.25. The number of rotatable bonds is 3. The molecule has 1 aromatic carbocycles. The number of benzene rings is 1. The van der Waals surface area contributed by atoms with Gasteiger partial charge in [-0.25, -0.2) is 4.98 Å². The minimum Gasteiger partial charge on any atom is -0.489 e. The highest BCUT2D eigenvalue weighted by atomic mass is 35.5. The number of pyridine rings is 1. The Labute approximate surface area is 114 Å². The average Bonchev–Trinajstić information content (AvgIpc) is 2.32. The first kappa shape index (κ1) is 12.5. The van der Waals surface area contributed by atoms with E-state index in [2.05, 4.69) is 4.98 Å². The van der Waals surface area contributed by atoms with E-state index < -0.39 is 0 Å². The molecule has 17 heavy (non-hydrogen) atoms. The first-order valence-electron chi connectivity index (χ1n) is 4.84. The highest BCUT2D eigenvalue weighted by molar-refractivity contribution is 6.42. The van der Waals surface area contributed by atoms with Crippen LogP contribution in [0.3, 0.4) is 0 Å². The first-order valence-corrected chi connectivity index (χ1v) is 5.97. The lowest BCUT2D eigenvalue weighted by Gasteiger charge is -2.07. The minimum absolute atomic E-state index is 0.338. The largest absolute Gasteiger partial charge is 0.489 e. The van der Waals surface area contributed by atoms with Crippen molar-refractivity contribution in [3.8, 4) is 5.75 Å². The molecule has 88 valence electrons. The van der Waals surface area contributed by atoms with Crippen LogP contribution in [-0.2, 0) is 6.61 Å². The quantitative estimate of drug-likeness (QED) is 0.769. The third-order valence-corrected chi connectivity index (χ3v) is 3.20. The van der Waals surface area contributed by atoms with E-state index in [0.717, 1.165) is 5.56 Å². The number of halogens is 3. The van der Waals surface area contributed by atoms with Crippen molar-refractivity contribution in [1.82, 2.24) is 4.98 Å². The Morgan fingerprint density at radius 2 is 1.88 bits per heavy atom. The highest BCUT2D eigenvalue weighted by Gasteiger charge is 2.03. The second kappa shape index (κ2) is 5.58. The predicted octanol–water partition coefficient (Wildman–Crippen LogP) is 4.62. The Hall–Kier alpha value is -0.960. The molecule has 5 heteroatoms. The van der Waals surface area contributed by atoms with Gasteiger partial charge in [-0.1, -0.05) is 40.9 Å². The lowest BCUT2D eigenvalue weighted by molar-refractivity contribution is 0.306. The molecule has 0 spiro atoms. The molecule has 0 unspecified atom stereocenters. The molecule has 0 aliphatic heterocycles. The Balaban J connectivity index is 2.08. The normalized spacial score (nSPS) is 10.3. The van der Waals surface area contributed by atoms with Crippen LogP contribution in [0.5, 0.6) is 5.75 Å². The Bertz CT molecular complexity index is 531. The predicted molar refractivity (Wildman–Crippen MR) is 70.0 cm³/mol. The molecule has 1 aromatic heterocycles. The van der Waals surface area contributed by atoms with Gasteiger partial charge >= 0.3 is 0 Å². The SMILES string of the molecule is Clc1ccc(OCc2cccnc2Cl)cc1Cl. The molecule has 0 bridgehead atoms. The van der Waals surface area contributed by atoms with Gasteiger partial charge in [-0.2, -0.15) is 0 Å². The molecule has 2 rings (SSSR count). The van der Waals surface area contributed by atoms with Gasteiger partial charge in [-0.15, -0.1) is 0 Å². The number of hydrogen-bond acceptors (Lipinski definition) is 2. The molecule has 0 fully saturated rings. The average molecular weight is 289 g/mol. The monoisotopic (exact) mass is 287 g/mol. The van der Waals surface area contributed by atoms with Crippen molar-refractivity contribution in [2.75, 3.05) is 0 Å². The molecule has 2 aromatic rings. The number of nitrogens with zero attached hydrogens (tertiary/aromatic N) is 1. The zero-order valence-electron chi connectivity index (χ0n) is 8.66. The number of aromatic nitrogens is 1. The van der Waals surface area contributed by atoms with Gasteiger partial charge < -0.3 is 4.74 Å². The Kier molecular flexibility index (Phi) is 4.11. The second-order valence-electron chi connectivity index (χ2n) is 3.32. The molecule has 1 heterocycles. The van der Waals surface area contributed by atoms with Crippen LogP contribution in [0.15, 0.2) is 36.5 Å². The van der Waals surface area contributed by atoms with Crippen LogP contribution in [0.1, 0.15) is 5.56 Å². The van der Waals surface area contributed by atoms with Gasteiger partial charge in [0.25, 0.3) is 0 Å². The van der Waals surface area contributed by atoms with E-state index in [1.165, 1.54) is 0 Å². The van der Waals surface area contributed by atoms with E-state index in [0.29, 0.717) is 27.6 Å². The summed E-state index contributed by atoms with van der Waals surface area (Å²) in [5.41, 5.74) is 0.820. The maximum atomic E-state index is 5.91. The number of ether oxygens (including phenoxy) is 1. The van der Waals surface area contributed by atoms with Gasteiger partial charge in [0.05, 0.1) is 10.0 Å². The standard InChI is InChI=1S/C12H8Cl3NO/c13-10-4-3-9(6-11(10)14)17-7-8-2-1-5-16-12(8)15/h1-6H,7H2. The summed E-state index contributed by atoms with van der Waals surface area (Å²) in [5, 5.41) is 1.40. The molecule has 0 saturated heterocycles. The third-order valence-electron chi connectivity index (χ3n) is 2.12. The van der Waals surface area contributed by atoms with Crippen molar-refractivity contribution in [1.29, 1.82) is 0 Å². The summed E-state index contributed by atoms with van der Waals surface area (Å²) in [5.74, 6) is 0.638. The summed E-state index contributed by atoms with van der Waals surface area (Å²) in [6, 6.07) is 8.75. The van der Waals surface area contributed by atoms with Crippen LogP contribution in [0.4, 0.5) is 0 Å². The van der Waals surface area contributed by atoms with Gasteiger partial charge in [0.2, 0.25) is 0 Å². The maximum absolute atomic E-state index is 5.91. The lowest BCUT2D eigenvalue weighted by atomic mass is 10.3. The summed E-state index contributed by atoms with van der Waals surface area (Å²) in [4.78, 5) is 3.96. The molecule has 2 nitrogen and oxygen atoms in total. The molecular formula is C12H8Cl3NO. The summed E-state index contributed by atoms with van der Waals surface area (Å²) in [6.07, 6.45) is 1.63. The maximum Gasteiger partial charge on any atom is 0.135 e.